The average molecular weight is 177 g/mol. The second kappa shape index (κ2) is 2.58. The Kier molecular flexibility index (Phi) is 1.55. The number of hydrogen-bond acceptors (Lipinski definition) is 2. The third-order valence-corrected chi connectivity index (χ3v) is 2.01. The summed E-state index contributed by atoms with van der Waals surface area (Å²) >= 11 is 0. The summed E-state index contributed by atoms with van der Waals surface area (Å²) in [7, 11) is 0. The number of fused-ring (bicyclic) bond motifs is 1. The predicted molar refractivity (Wildman–Crippen MR) is 45.4 cm³/mol. The average Bonchev–Trinajstić information content (AvgIpc) is 2.61. The first-order valence-electron chi connectivity index (χ1n) is 3.84. The molecule has 13 heavy (non-hydrogen) atoms. The van der Waals surface area contributed by atoms with Crippen molar-refractivity contribution in [1.82, 2.24) is 4.57 Å². The van der Waals surface area contributed by atoms with Gasteiger partial charge in [0.2, 0.25) is 0 Å². The summed E-state index contributed by atoms with van der Waals surface area (Å²) in [5.41, 5.74) is 1.17. The van der Waals surface area contributed by atoms with Gasteiger partial charge in [0.1, 0.15) is 5.69 Å². The van der Waals surface area contributed by atoms with Gasteiger partial charge in [0.15, 0.2) is 0 Å². The zero-order chi connectivity index (χ0) is 9.42. The molecule has 2 heterocycles. The van der Waals surface area contributed by atoms with E-state index >= 15 is 0 Å². The zero-order valence-corrected chi connectivity index (χ0v) is 6.73. The molecule has 4 heteroatoms. The van der Waals surface area contributed by atoms with Gasteiger partial charge in [-0.3, -0.25) is 4.79 Å². The maximum absolute atomic E-state index is 11.1. The van der Waals surface area contributed by atoms with Gasteiger partial charge in [0.25, 0.3) is 5.78 Å². The monoisotopic (exact) mass is 177 g/mol. The van der Waals surface area contributed by atoms with Crippen LogP contribution >= 0.6 is 0 Å². The molecule has 0 bridgehead atoms. The Morgan fingerprint density at radius 1 is 1.38 bits per heavy atom. The molecule has 1 aliphatic rings. The smallest absolute Gasteiger partial charge is 0.378 e. The molecule has 1 N–H and O–H groups in total. The van der Waals surface area contributed by atoms with Gasteiger partial charge in [-0.25, -0.2) is 4.79 Å². The number of hydrogen-bond donors (Lipinski definition) is 1. The first-order chi connectivity index (χ1) is 6.20. The summed E-state index contributed by atoms with van der Waals surface area (Å²) in [6, 6.07) is 3.30. The fraction of sp³-hybridized carbons (Fsp3) is 0.111. The second-order valence-corrected chi connectivity index (χ2v) is 2.80. The van der Waals surface area contributed by atoms with E-state index in [2.05, 4.69) is 0 Å². The normalized spacial score (nSPS) is 12.9. The number of carboxylic acid groups (broad SMARTS) is 1. The number of nitrogens with zero attached hydrogens (tertiary/aromatic N) is 1. The van der Waals surface area contributed by atoms with Crippen LogP contribution in [-0.2, 0) is 11.2 Å². The van der Waals surface area contributed by atoms with Crippen molar-refractivity contribution in [2.45, 2.75) is 6.42 Å². The molecule has 0 aliphatic carbocycles. The maximum Gasteiger partial charge on any atom is 0.378 e. The lowest BCUT2D eigenvalue weighted by atomic mass is 10.3. The largest absolute Gasteiger partial charge is 0.475 e. The minimum absolute atomic E-state index is 0.219. The van der Waals surface area contributed by atoms with Crippen LogP contribution < -0.4 is 0 Å². The molecule has 0 unspecified atom stereocenters. The van der Waals surface area contributed by atoms with Crippen LogP contribution in [-0.4, -0.2) is 21.4 Å². The van der Waals surface area contributed by atoms with Gasteiger partial charge in [-0.05, 0) is 12.1 Å². The Hall–Kier alpha value is -1.84. The summed E-state index contributed by atoms with van der Waals surface area (Å²) < 4.78 is 1.61. The van der Waals surface area contributed by atoms with Crippen molar-refractivity contribution in [3.05, 3.63) is 29.6 Å². The van der Waals surface area contributed by atoms with E-state index in [0.717, 1.165) is 12.1 Å². The lowest BCUT2D eigenvalue weighted by molar-refractivity contribution is -0.131. The molecular weight excluding hydrogens is 170 g/mol. The third kappa shape index (κ3) is 1.07. The maximum atomic E-state index is 11.1. The van der Waals surface area contributed by atoms with E-state index in [1.807, 2.05) is 6.08 Å². The molecule has 4 nitrogen and oxygen atoms in total. The van der Waals surface area contributed by atoms with Gasteiger partial charge >= 0.3 is 5.97 Å². The van der Waals surface area contributed by atoms with E-state index in [1.165, 1.54) is 6.07 Å². The van der Waals surface area contributed by atoms with Crippen molar-refractivity contribution < 1.29 is 14.7 Å². The van der Waals surface area contributed by atoms with Crippen LogP contribution in [0.4, 0.5) is 0 Å². The molecule has 1 aromatic rings. The number of rotatable bonds is 2. The van der Waals surface area contributed by atoms with Crippen molar-refractivity contribution in [3.63, 3.8) is 0 Å². The van der Waals surface area contributed by atoms with E-state index in [1.54, 1.807) is 16.8 Å². The lowest BCUT2D eigenvalue weighted by Crippen LogP contribution is -2.15. The summed E-state index contributed by atoms with van der Waals surface area (Å²) in [5.74, 6) is -2.28. The molecule has 0 saturated heterocycles. The number of carboxylic acids is 1. The number of ketones is 1. The van der Waals surface area contributed by atoms with Crippen LogP contribution in [0.1, 0.15) is 16.2 Å². The van der Waals surface area contributed by atoms with Gasteiger partial charge < -0.3 is 9.67 Å². The van der Waals surface area contributed by atoms with Crippen molar-refractivity contribution >= 4 is 18.0 Å². The number of carbonyl (C=O) groups excluding carboxylic acids is 1. The topological polar surface area (TPSA) is 59.3 Å². The van der Waals surface area contributed by atoms with E-state index < -0.39 is 11.8 Å². The Morgan fingerprint density at radius 3 is 2.85 bits per heavy atom. The van der Waals surface area contributed by atoms with E-state index in [4.69, 9.17) is 5.11 Å². The molecule has 2 rings (SSSR count). The molecule has 0 aromatic carbocycles. The van der Waals surface area contributed by atoms with Gasteiger partial charge in [-0.15, -0.1) is 0 Å². The van der Waals surface area contributed by atoms with E-state index in [0.29, 0.717) is 0 Å². The number of Topliss-reactive ketones (excluding diaryl/α,β-unsaturated/α-hetero) is 1. The molecule has 66 valence electrons. The minimum atomic E-state index is -1.42. The second-order valence-electron chi connectivity index (χ2n) is 2.80. The number of aromatic nitrogens is 1. The first-order valence-corrected chi connectivity index (χ1v) is 3.84. The fourth-order valence-corrected chi connectivity index (χ4v) is 1.41. The van der Waals surface area contributed by atoms with Crippen LogP contribution in [0.3, 0.4) is 0 Å². The van der Waals surface area contributed by atoms with Crippen LogP contribution in [0.25, 0.3) is 6.20 Å². The lowest BCUT2D eigenvalue weighted by Gasteiger charge is -1.98. The Morgan fingerprint density at radius 2 is 2.15 bits per heavy atom. The Balaban J connectivity index is 2.47. The van der Waals surface area contributed by atoms with Gasteiger partial charge in [-0.2, -0.15) is 0 Å². The van der Waals surface area contributed by atoms with E-state index in [9.17, 15) is 9.59 Å². The van der Waals surface area contributed by atoms with E-state index in [-0.39, 0.29) is 5.69 Å². The van der Waals surface area contributed by atoms with Crippen molar-refractivity contribution in [1.29, 1.82) is 0 Å². The van der Waals surface area contributed by atoms with Crippen LogP contribution in [0, 0.1) is 0 Å². The molecule has 1 aromatic heterocycles. The molecule has 0 saturated carbocycles. The molecule has 1 aliphatic heterocycles. The molecule has 0 atom stereocenters. The highest BCUT2D eigenvalue weighted by Crippen LogP contribution is 2.16. The van der Waals surface area contributed by atoms with Crippen molar-refractivity contribution in [2.75, 3.05) is 0 Å². The predicted octanol–water partition coefficient (Wildman–Crippen LogP) is 0.782. The summed E-state index contributed by atoms with van der Waals surface area (Å²) in [6.07, 6.45) is 4.35. The molecule has 0 fully saturated rings. The highest BCUT2D eigenvalue weighted by Gasteiger charge is 2.20. The quantitative estimate of drug-likeness (QED) is 0.536. The summed E-state index contributed by atoms with van der Waals surface area (Å²) in [4.78, 5) is 21.5. The molecule has 0 radical (unpaired) electrons. The van der Waals surface area contributed by atoms with Crippen LogP contribution in [0.15, 0.2) is 18.2 Å². The number of allylic oxidation sites excluding steroid dienone is 1. The van der Waals surface area contributed by atoms with Gasteiger partial charge in [0, 0.05) is 18.3 Å². The number of aliphatic carboxylic acids is 1. The SMILES string of the molecule is O=C(O)C(=O)c1ccc2n1C=CC2. The Bertz CT molecular complexity index is 414. The fourth-order valence-electron chi connectivity index (χ4n) is 1.41. The Labute approximate surface area is 74.1 Å². The molecule has 0 spiro atoms. The van der Waals surface area contributed by atoms with Gasteiger partial charge in [0.05, 0.1) is 0 Å². The van der Waals surface area contributed by atoms with Gasteiger partial charge in [-0.1, -0.05) is 6.08 Å². The van der Waals surface area contributed by atoms with Crippen molar-refractivity contribution in [2.24, 2.45) is 0 Å². The molecule has 0 amide bonds. The summed E-state index contributed by atoms with van der Waals surface area (Å²) in [5, 5.41) is 8.50. The standard InChI is InChI=1S/C9H7NO3/c11-8(9(12)13)7-4-3-6-2-1-5-10(6)7/h1,3-5H,2H2,(H,12,13). The van der Waals surface area contributed by atoms with Crippen LogP contribution in [0.5, 0.6) is 0 Å². The summed E-state index contributed by atoms with van der Waals surface area (Å²) in [6.45, 7) is 0. The third-order valence-electron chi connectivity index (χ3n) is 2.01. The number of carbonyl (C=O) groups is 2. The zero-order valence-electron chi connectivity index (χ0n) is 6.73. The first kappa shape index (κ1) is 7.79. The van der Waals surface area contributed by atoms with Crippen LogP contribution in [0.2, 0.25) is 0 Å². The molecular formula is C9H7NO3. The van der Waals surface area contributed by atoms with Crippen molar-refractivity contribution in [3.8, 4) is 0 Å². The highest BCUT2D eigenvalue weighted by molar-refractivity contribution is 6.39. The minimum Gasteiger partial charge on any atom is -0.475 e. The highest BCUT2D eigenvalue weighted by atomic mass is 16.4.